The Kier molecular flexibility index (Phi) is 6.89. The highest BCUT2D eigenvalue weighted by Gasteiger charge is 2.14. The first-order chi connectivity index (χ1) is 15.1. The van der Waals surface area contributed by atoms with Gasteiger partial charge in [-0.05, 0) is 66.8 Å². The van der Waals surface area contributed by atoms with E-state index in [-0.39, 0.29) is 17.2 Å². The maximum atomic E-state index is 12.5. The Morgan fingerprint density at radius 2 is 1.22 bits per heavy atom. The van der Waals surface area contributed by atoms with Crippen molar-refractivity contribution >= 4 is 23.2 Å². The number of nitrogens with zero attached hydrogens (tertiary/aromatic N) is 1. The van der Waals surface area contributed by atoms with Gasteiger partial charge in [-0.1, -0.05) is 62.7 Å². The van der Waals surface area contributed by atoms with Crippen molar-refractivity contribution in [3.8, 4) is 0 Å². The molecule has 0 saturated heterocycles. The molecule has 0 aliphatic carbocycles. The maximum Gasteiger partial charge on any atom is 0.271 e. The van der Waals surface area contributed by atoms with Gasteiger partial charge in [0.1, 0.15) is 0 Å². The maximum absolute atomic E-state index is 12.5. The van der Waals surface area contributed by atoms with Crippen molar-refractivity contribution in [1.82, 2.24) is 5.43 Å². The van der Waals surface area contributed by atoms with Crippen molar-refractivity contribution < 1.29 is 9.59 Å². The molecule has 164 valence electrons. The summed E-state index contributed by atoms with van der Waals surface area (Å²) in [5, 5.41) is 7.04. The fourth-order valence-electron chi connectivity index (χ4n) is 3.09. The van der Waals surface area contributed by atoms with E-state index in [9.17, 15) is 9.59 Å². The van der Waals surface area contributed by atoms with E-state index in [1.54, 1.807) is 24.3 Å². The molecular weight excluding hydrogens is 398 g/mol. The standard InChI is InChI=1S/C27H29N3O2/c1-18-6-8-20(9-7-18)19(2)29-30-26(32)22-12-16-24(17-13-22)28-25(31)21-10-14-23(15-11-21)27(3,4)5/h6-17H,1-5H3,(H,28,31)(H,30,32)/b29-19+. The molecule has 0 aromatic heterocycles. The zero-order valence-electron chi connectivity index (χ0n) is 19.2. The van der Waals surface area contributed by atoms with Gasteiger partial charge in [0.05, 0.1) is 5.71 Å². The number of carbonyl (C=O) groups is 2. The van der Waals surface area contributed by atoms with Crippen LogP contribution < -0.4 is 10.7 Å². The summed E-state index contributed by atoms with van der Waals surface area (Å²) in [5.41, 5.74) is 8.28. The van der Waals surface area contributed by atoms with Gasteiger partial charge in [-0.2, -0.15) is 5.10 Å². The minimum atomic E-state index is -0.313. The van der Waals surface area contributed by atoms with E-state index in [0.29, 0.717) is 16.8 Å². The van der Waals surface area contributed by atoms with Crippen LogP contribution in [0, 0.1) is 6.92 Å². The minimum absolute atomic E-state index is 0.0358. The third-order valence-corrected chi connectivity index (χ3v) is 5.21. The average Bonchev–Trinajstić information content (AvgIpc) is 2.77. The molecule has 0 atom stereocenters. The lowest BCUT2D eigenvalue weighted by Crippen LogP contribution is -2.19. The lowest BCUT2D eigenvalue weighted by atomic mass is 9.87. The molecule has 2 amide bonds. The monoisotopic (exact) mass is 427 g/mol. The molecule has 0 unspecified atom stereocenters. The number of rotatable bonds is 5. The quantitative estimate of drug-likeness (QED) is 0.405. The van der Waals surface area contributed by atoms with Gasteiger partial charge >= 0.3 is 0 Å². The SMILES string of the molecule is C/C(=N\NC(=O)c1ccc(NC(=O)c2ccc(C(C)(C)C)cc2)cc1)c1ccc(C)cc1. The molecule has 3 rings (SSSR count). The summed E-state index contributed by atoms with van der Waals surface area (Å²) in [4.78, 5) is 24.9. The summed E-state index contributed by atoms with van der Waals surface area (Å²) in [5.74, 6) is -0.506. The van der Waals surface area contributed by atoms with Crippen LogP contribution in [0.4, 0.5) is 5.69 Å². The first-order valence-corrected chi connectivity index (χ1v) is 10.6. The molecule has 0 aliphatic heterocycles. The molecular formula is C27H29N3O2. The Hall–Kier alpha value is -3.73. The smallest absolute Gasteiger partial charge is 0.271 e. The van der Waals surface area contributed by atoms with E-state index in [1.165, 1.54) is 11.1 Å². The molecule has 0 radical (unpaired) electrons. The van der Waals surface area contributed by atoms with Crippen molar-refractivity contribution in [3.05, 3.63) is 101 Å². The van der Waals surface area contributed by atoms with Crippen molar-refractivity contribution in [3.63, 3.8) is 0 Å². The number of aryl methyl sites for hydroxylation is 1. The van der Waals surface area contributed by atoms with Gasteiger partial charge in [0.25, 0.3) is 11.8 Å². The molecule has 0 bridgehead atoms. The second kappa shape index (κ2) is 9.60. The predicted molar refractivity (Wildman–Crippen MR) is 130 cm³/mol. The predicted octanol–water partition coefficient (Wildman–Crippen LogP) is 5.70. The first kappa shape index (κ1) is 22.9. The van der Waals surface area contributed by atoms with Gasteiger partial charge < -0.3 is 5.32 Å². The van der Waals surface area contributed by atoms with E-state index >= 15 is 0 Å². The Morgan fingerprint density at radius 3 is 1.78 bits per heavy atom. The number of amides is 2. The molecule has 3 aromatic rings. The second-order valence-electron chi connectivity index (χ2n) is 8.86. The van der Waals surface area contributed by atoms with Crippen molar-refractivity contribution in [2.45, 2.75) is 40.0 Å². The van der Waals surface area contributed by atoms with E-state index < -0.39 is 0 Å². The van der Waals surface area contributed by atoms with Crippen LogP contribution in [0.5, 0.6) is 0 Å². The van der Waals surface area contributed by atoms with E-state index in [1.807, 2.05) is 62.4 Å². The highest BCUT2D eigenvalue weighted by molar-refractivity contribution is 6.05. The molecule has 3 aromatic carbocycles. The van der Waals surface area contributed by atoms with Crippen LogP contribution >= 0.6 is 0 Å². The Labute approximate surface area is 189 Å². The largest absolute Gasteiger partial charge is 0.322 e. The number of carbonyl (C=O) groups excluding carboxylic acids is 2. The van der Waals surface area contributed by atoms with Gasteiger partial charge in [0, 0.05) is 16.8 Å². The highest BCUT2D eigenvalue weighted by Crippen LogP contribution is 2.22. The molecule has 5 heteroatoms. The molecule has 5 nitrogen and oxygen atoms in total. The lowest BCUT2D eigenvalue weighted by molar-refractivity contribution is 0.0954. The number of nitrogens with one attached hydrogen (secondary N) is 2. The van der Waals surface area contributed by atoms with E-state index in [0.717, 1.165) is 11.3 Å². The number of benzene rings is 3. The molecule has 2 N–H and O–H groups in total. The van der Waals surface area contributed by atoms with Gasteiger partial charge in [-0.3, -0.25) is 9.59 Å². The van der Waals surface area contributed by atoms with Crippen molar-refractivity contribution in [2.24, 2.45) is 5.10 Å². The summed E-state index contributed by atoms with van der Waals surface area (Å²) < 4.78 is 0. The van der Waals surface area contributed by atoms with Crippen LogP contribution in [0.25, 0.3) is 0 Å². The van der Waals surface area contributed by atoms with Crippen LogP contribution in [0.3, 0.4) is 0 Å². The summed E-state index contributed by atoms with van der Waals surface area (Å²) in [6.07, 6.45) is 0. The molecule has 32 heavy (non-hydrogen) atoms. The zero-order valence-corrected chi connectivity index (χ0v) is 19.2. The summed E-state index contributed by atoms with van der Waals surface area (Å²) in [6.45, 7) is 10.3. The van der Waals surface area contributed by atoms with E-state index in [2.05, 4.69) is 36.6 Å². The Bertz CT molecular complexity index is 1120. The first-order valence-electron chi connectivity index (χ1n) is 10.6. The Morgan fingerprint density at radius 1 is 0.719 bits per heavy atom. The molecule has 0 spiro atoms. The van der Waals surface area contributed by atoms with E-state index in [4.69, 9.17) is 0 Å². The lowest BCUT2D eigenvalue weighted by Gasteiger charge is -2.19. The molecule has 0 heterocycles. The number of hydrogen-bond donors (Lipinski definition) is 2. The minimum Gasteiger partial charge on any atom is -0.322 e. The van der Waals surface area contributed by atoms with Crippen LogP contribution in [0.15, 0.2) is 77.9 Å². The van der Waals surface area contributed by atoms with Crippen LogP contribution in [0.1, 0.15) is 65.1 Å². The second-order valence-corrected chi connectivity index (χ2v) is 8.86. The molecule has 0 fully saturated rings. The van der Waals surface area contributed by atoms with Crippen molar-refractivity contribution in [2.75, 3.05) is 5.32 Å². The summed E-state index contributed by atoms with van der Waals surface area (Å²) in [6, 6.07) is 22.3. The third-order valence-electron chi connectivity index (χ3n) is 5.21. The molecule has 0 saturated carbocycles. The average molecular weight is 428 g/mol. The van der Waals surface area contributed by atoms with Gasteiger partial charge in [-0.15, -0.1) is 0 Å². The van der Waals surface area contributed by atoms with Crippen LogP contribution in [-0.4, -0.2) is 17.5 Å². The van der Waals surface area contributed by atoms with Gasteiger partial charge in [0.2, 0.25) is 0 Å². The fourth-order valence-corrected chi connectivity index (χ4v) is 3.09. The number of anilines is 1. The van der Waals surface area contributed by atoms with Crippen molar-refractivity contribution in [1.29, 1.82) is 0 Å². The normalized spacial score (nSPS) is 11.7. The Balaban J connectivity index is 1.60. The van der Waals surface area contributed by atoms with Gasteiger partial charge in [0.15, 0.2) is 0 Å². The van der Waals surface area contributed by atoms with Crippen LogP contribution in [0.2, 0.25) is 0 Å². The fraction of sp³-hybridized carbons (Fsp3) is 0.222. The number of hydrogen-bond acceptors (Lipinski definition) is 3. The zero-order chi connectivity index (χ0) is 23.3. The van der Waals surface area contributed by atoms with Crippen LogP contribution in [-0.2, 0) is 5.41 Å². The number of hydrazone groups is 1. The third kappa shape index (κ3) is 5.91. The van der Waals surface area contributed by atoms with Gasteiger partial charge in [-0.25, -0.2) is 5.43 Å². The molecule has 0 aliphatic rings. The highest BCUT2D eigenvalue weighted by atomic mass is 16.2. The summed E-state index contributed by atoms with van der Waals surface area (Å²) >= 11 is 0. The summed E-state index contributed by atoms with van der Waals surface area (Å²) in [7, 11) is 0. The topological polar surface area (TPSA) is 70.6 Å².